The zero-order valence-electron chi connectivity index (χ0n) is 17.0. The monoisotopic (exact) mass is 397 g/mol. The molecule has 5 rings (SSSR count). The first kappa shape index (κ1) is 19.1. The van der Waals surface area contributed by atoms with E-state index in [0.29, 0.717) is 25.4 Å². The van der Waals surface area contributed by atoms with E-state index in [2.05, 4.69) is 27.7 Å². The van der Waals surface area contributed by atoms with Crippen LogP contribution in [0, 0.1) is 5.92 Å². The first-order chi connectivity index (χ1) is 14.1. The van der Waals surface area contributed by atoms with Gasteiger partial charge in [0.2, 0.25) is 11.8 Å². The molecule has 6 nitrogen and oxygen atoms in total. The van der Waals surface area contributed by atoms with Gasteiger partial charge in [0.1, 0.15) is 17.8 Å². The maximum atomic E-state index is 12.7. The molecule has 156 valence electrons. The molecule has 2 amide bonds. The molecule has 29 heavy (non-hydrogen) atoms. The summed E-state index contributed by atoms with van der Waals surface area (Å²) in [5.74, 6) is 1.13. The number of piperidine rings is 3. The van der Waals surface area contributed by atoms with Gasteiger partial charge >= 0.3 is 0 Å². The summed E-state index contributed by atoms with van der Waals surface area (Å²) < 4.78 is 5.84. The number of likely N-dealkylation sites (tertiary alicyclic amines) is 1. The van der Waals surface area contributed by atoms with Crippen molar-refractivity contribution < 1.29 is 14.3 Å². The maximum Gasteiger partial charge on any atom is 0.240 e. The van der Waals surface area contributed by atoms with Crippen LogP contribution in [0.3, 0.4) is 0 Å². The molecular formula is C23H31N3O3. The Morgan fingerprint density at radius 1 is 1.10 bits per heavy atom. The number of ether oxygens (including phenoxy) is 1. The highest BCUT2D eigenvalue weighted by molar-refractivity contribution is 6.04. The predicted octanol–water partition coefficient (Wildman–Crippen LogP) is 1.76. The third kappa shape index (κ3) is 3.57. The molecule has 4 aliphatic heterocycles. The Morgan fingerprint density at radius 3 is 2.66 bits per heavy atom. The van der Waals surface area contributed by atoms with Crippen molar-refractivity contribution in [3.05, 3.63) is 29.3 Å². The molecule has 6 heteroatoms. The minimum Gasteiger partial charge on any atom is -0.492 e. The van der Waals surface area contributed by atoms with Gasteiger partial charge in [0.15, 0.2) is 0 Å². The zero-order valence-corrected chi connectivity index (χ0v) is 17.0. The normalized spacial score (nSPS) is 29.0. The van der Waals surface area contributed by atoms with Gasteiger partial charge in [-0.25, -0.2) is 0 Å². The molecular weight excluding hydrogens is 366 g/mol. The second kappa shape index (κ2) is 7.73. The fourth-order valence-corrected chi connectivity index (χ4v) is 5.65. The van der Waals surface area contributed by atoms with Crippen LogP contribution in [0.2, 0.25) is 0 Å². The summed E-state index contributed by atoms with van der Waals surface area (Å²) in [4.78, 5) is 27.0. The molecule has 1 unspecified atom stereocenters. The van der Waals surface area contributed by atoms with Crippen molar-refractivity contribution in [1.82, 2.24) is 15.5 Å². The van der Waals surface area contributed by atoms with Gasteiger partial charge in [0.05, 0.1) is 0 Å². The summed E-state index contributed by atoms with van der Waals surface area (Å²) in [7, 11) is 0. The van der Waals surface area contributed by atoms with Gasteiger partial charge in [-0.3, -0.25) is 14.9 Å². The summed E-state index contributed by atoms with van der Waals surface area (Å²) in [6.45, 7) is 5.07. The Bertz CT molecular complexity index is 797. The number of carbonyl (C=O) groups excluding carboxylic acids is 2. The average molecular weight is 398 g/mol. The Kier molecular flexibility index (Phi) is 5.08. The van der Waals surface area contributed by atoms with Gasteiger partial charge < -0.3 is 15.0 Å². The van der Waals surface area contributed by atoms with Crippen molar-refractivity contribution in [2.45, 2.75) is 56.4 Å². The second-order valence-electron chi connectivity index (χ2n) is 9.24. The minimum absolute atomic E-state index is 0.175. The first-order valence-electron chi connectivity index (χ1n) is 11.2. The molecule has 3 fully saturated rings. The van der Waals surface area contributed by atoms with E-state index in [0.717, 1.165) is 36.9 Å². The summed E-state index contributed by atoms with van der Waals surface area (Å²) in [6, 6.07) is 7.12. The molecule has 0 saturated carbocycles. The van der Waals surface area contributed by atoms with Crippen molar-refractivity contribution in [2.75, 3.05) is 32.8 Å². The third-order valence-corrected chi connectivity index (χ3v) is 7.50. The molecule has 4 aliphatic rings. The second-order valence-corrected chi connectivity index (χ2v) is 9.24. The lowest BCUT2D eigenvalue weighted by Gasteiger charge is -2.39. The predicted molar refractivity (Wildman–Crippen MR) is 110 cm³/mol. The number of amides is 2. The maximum absolute atomic E-state index is 12.7. The van der Waals surface area contributed by atoms with Crippen molar-refractivity contribution in [3.8, 4) is 5.75 Å². The van der Waals surface area contributed by atoms with Crippen LogP contribution in [-0.2, 0) is 21.4 Å². The summed E-state index contributed by atoms with van der Waals surface area (Å²) >= 11 is 0. The van der Waals surface area contributed by atoms with E-state index >= 15 is 0 Å². The van der Waals surface area contributed by atoms with Gasteiger partial charge in [0.25, 0.3) is 0 Å². The molecule has 1 aromatic carbocycles. The van der Waals surface area contributed by atoms with Gasteiger partial charge in [-0.05, 0) is 82.3 Å². The van der Waals surface area contributed by atoms with Crippen LogP contribution in [0.5, 0.6) is 5.75 Å². The van der Waals surface area contributed by atoms with Crippen LogP contribution in [-0.4, -0.2) is 55.5 Å². The van der Waals surface area contributed by atoms with E-state index in [-0.39, 0.29) is 11.8 Å². The highest BCUT2D eigenvalue weighted by Crippen LogP contribution is 2.44. The number of imide groups is 1. The van der Waals surface area contributed by atoms with E-state index in [9.17, 15) is 9.59 Å². The van der Waals surface area contributed by atoms with Crippen LogP contribution < -0.4 is 15.4 Å². The van der Waals surface area contributed by atoms with Crippen LogP contribution in [0.4, 0.5) is 0 Å². The number of carbonyl (C=O) groups is 2. The molecule has 2 N–H and O–H groups in total. The van der Waals surface area contributed by atoms with Crippen molar-refractivity contribution >= 4 is 11.8 Å². The molecule has 0 aliphatic carbocycles. The van der Waals surface area contributed by atoms with Crippen LogP contribution in [0.25, 0.3) is 0 Å². The standard InChI is InChI=1S/C23H31N3O3/c27-21-3-8-23(22(28)25-21)15-29-20-2-1-17(14-19(20)23)13-16-6-11-26(12-7-16)18-4-9-24-10-5-18/h1-2,14,16,18,24H,3-13,15H2,(H,25,27,28). The minimum atomic E-state index is -0.683. The Hall–Kier alpha value is -1.92. The van der Waals surface area contributed by atoms with Crippen molar-refractivity contribution in [3.63, 3.8) is 0 Å². The lowest BCUT2D eigenvalue weighted by Crippen LogP contribution is -2.52. The molecule has 1 aromatic rings. The molecule has 0 bridgehead atoms. The van der Waals surface area contributed by atoms with E-state index < -0.39 is 5.41 Å². The van der Waals surface area contributed by atoms with Gasteiger partial charge in [-0.1, -0.05) is 12.1 Å². The van der Waals surface area contributed by atoms with Gasteiger partial charge in [-0.15, -0.1) is 0 Å². The van der Waals surface area contributed by atoms with Crippen LogP contribution in [0.1, 0.15) is 49.7 Å². The Morgan fingerprint density at radius 2 is 1.90 bits per heavy atom. The fourth-order valence-electron chi connectivity index (χ4n) is 5.65. The SMILES string of the molecule is O=C1CCC2(COc3ccc(CC4CCN(C5CCNCC5)CC4)cc32)C(=O)N1. The third-order valence-electron chi connectivity index (χ3n) is 7.50. The number of nitrogens with one attached hydrogen (secondary N) is 2. The average Bonchev–Trinajstić information content (AvgIpc) is 3.11. The highest BCUT2D eigenvalue weighted by atomic mass is 16.5. The topological polar surface area (TPSA) is 70.7 Å². The molecule has 4 heterocycles. The largest absolute Gasteiger partial charge is 0.492 e. The highest BCUT2D eigenvalue weighted by Gasteiger charge is 2.50. The molecule has 0 radical (unpaired) electrons. The number of hydrogen-bond acceptors (Lipinski definition) is 5. The van der Waals surface area contributed by atoms with Crippen LogP contribution in [0.15, 0.2) is 18.2 Å². The van der Waals surface area contributed by atoms with E-state index in [4.69, 9.17) is 4.74 Å². The zero-order chi connectivity index (χ0) is 19.8. The first-order valence-corrected chi connectivity index (χ1v) is 11.2. The molecule has 1 atom stereocenters. The quantitative estimate of drug-likeness (QED) is 0.761. The summed E-state index contributed by atoms with van der Waals surface area (Å²) in [5, 5.41) is 5.98. The van der Waals surface area contributed by atoms with Gasteiger partial charge in [0, 0.05) is 18.0 Å². The number of fused-ring (bicyclic) bond motifs is 2. The van der Waals surface area contributed by atoms with Crippen molar-refractivity contribution in [2.24, 2.45) is 5.92 Å². The molecule has 0 aromatic heterocycles. The molecule has 1 spiro atoms. The lowest BCUT2D eigenvalue weighted by molar-refractivity contribution is -0.138. The number of benzene rings is 1. The van der Waals surface area contributed by atoms with E-state index in [1.54, 1.807) is 0 Å². The van der Waals surface area contributed by atoms with E-state index in [1.807, 2.05) is 6.07 Å². The number of hydrogen-bond donors (Lipinski definition) is 2. The summed E-state index contributed by atoms with van der Waals surface area (Å²) in [5.41, 5.74) is 1.59. The Balaban J connectivity index is 1.25. The van der Waals surface area contributed by atoms with Crippen molar-refractivity contribution in [1.29, 1.82) is 0 Å². The lowest BCUT2D eigenvalue weighted by atomic mass is 9.74. The van der Waals surface area contributed by atoms with Crippen LogP contribution >= 0.6 is 0 Å². The molecule has 3 saturated heterocycles. The smallest absolute Gasteiger partial charge is 0.240 e. The number of nitrogens with zero attached hydrogens (tertiary/aromatic N) is 1. The fraction of sp³-hybridized carbons (Fsp3) is 0.652. The van der Waals surface area contributed by atoms with E-state index in [1.165, 1.54) is 44.3 Å². The summed E-state index contributed by atoms with van der Waals surface area (Å²) in [6.07, 6.45) is 7.04. The van der Waals surface area contributed by atoms with Gasteiger partial charge in [-0.2, -0.15) is 0 Å². The number of rotatable bonds is 3. The Labute approximate surface area is 172 Å².